The molecule has 0 aliphatic carbocycles. The molecule has 1 fully saturated rings. The monoisotopic (exact) mass is 366 g/mol. The highest BCUT2D eigenvalue weighted by molar-refractivity contribution is 5.93. The van der Waals surface area contributed by atoms with Gasteiger partial charge in [-0.2, -0.15) is 0 Å². The quantitative estimate of drug-likeness (QED) is 0.283. The molecule has 1 saturated heterocycles. The predicted octanol–water partition coefficient (Wildman–Crippen LogP) is -2.37. The number of rotatable bonds is 9. The molecule has 26 heavy (non-hydrogen) atoms. The maximum absolute atomic E-state index is 12.5. The van der Waals surface area contributed by atoms with Crippen molar-refractivity contribution in [2.24, 2.45) is 5.73 Å². The molecule has 1 aliphatic rings. The minimum Gasteiger partial charge on any atom is -0.480 e. The van der Waals surface area contributed by atoms with E-state index in [1.54, 1.807) is 0 Å². The third kappa shape index (κ3) is 5.55. The van der Waals surface area contributed by atoms with Crippen molar-refractivity contribution < 1.29 is 24.3 Å². The summed E-state index contributed by atoms with van der Waals surface area (Å²) in [6, 6.07) is -2.89. The first-order chi connectivity index (χ1) is 12.4. The number of nitrogens with zero attached hydrogens (tertiary/aromatic N) is 1. The van der Waals surface area contributed by atoms with Crippen molar-refractivity contribution >= 4 is 23.7 Å². The van der Waals surface area contributed by atoms with E-state index in [1.165, 1.54) is 12.5 Å². The van der Waals surface area contributed by atoms with Gasteiger partial charge in [-0.1, -0.05) is 0 Å². The molecule has 142 valence electrons. The van der Waals surface area contributed by atoms with E-state index < -0.39 is 42.3 Å². The van der Waals surface area contributed by atoms with Crippen LogP contribution < -0.4 is 21.7 Å². The SMILES string of the molecule is NC(=O)CC(NC(=O)C(Cc1cnc[nH]1)NC(=O)C1CCCN1)C(=O)O. The topological polar surface area (TPSA) is 179 Å². The summed E-state index contributed by atoms with van der Waals surface area (Å²) < 4.78 is 0. The van der Waals surface area contributed by atoms with Gasteiger partial charge in [-0.15, -0.1) is 0 Å². The third-order valence-corrected chi connectivity index (χ3v) is 4.01. The largest absolute Gasteiger partial charge is 0.480 e. The Kier molecular flexibility index (Phi) is 6.67. The summed E-state index contributed by atoms with van der Waals surface area (Å²) in [6.07, 6.45) is 3.98. The van der Waals surface area contributed by atoms with Crippen molar-refractivity contribution in [3.63, 3.8) is 0 Å². The van der Waals surface area contributed by atoms with Crippen molar-refractivity contribution in [2.45, 2.75) is 43.8 Å². The number of carbonyl (C=O) groups is 4. The Balaban J connectivity index is 2.07. The molecule has 0 radical (unpaired) electrons. The molecule has 3 atom stereocenters. The van der Waals surface area contributed by atoms with Crippen LogP contribution in [-0.4, -0.2) is 63.4 Å². The zero-order valence-corrected chi connectivity index (χ0v) is 14.0. The number of carboxylic acid groups (broad SMARTS) is 1. The number of imidazole rings is 1. The highest BCUT2D eigenvalue weighted by Crippen LogP contribution is 2.07. The summed E-state index contributed by atoms with van der Waals surface area (Å²) in [6.45, 7) is 0.717. The van der Waals surface area contributed by atoms with E-state index in [0.717, 1.165) is 13.0 Å². The van der Waals surface area contributed by atoms with Crippen LogP contribution in [0.5, 0.6) is 0 Å². The molecule has 3 unspecified atom stereocenters. The number of carbonyl (C=O) groups excluding carboxylic acids is 3. The molecule has 0 spiro atoms. The third-order valence-electron chi connectivity index (χ3n) is 4.01. The summed E-state index contributed by atoms with van der Waals surface area (Å²) in [4.78, 5) is 53.7. The van der Waals surface area contributed by atoms with Crippen molar-refractivity contribution in [1.82, 2.24) is 25.9 Å². The molecular formula is C15H22N6O5. The molecule has 7 N–H and O–H groups in total. The number of hydrogen-bond donors (Lipinski definition) is 6. The average molecular weight is 366 g/mol. The number of primary amides is 1. The second-order valence-electron chi connectivity index (χ2n) is 6.06. The number of H-pyrrole nitrogens is 1. The molecule has 1 aliphatic heterocycles. The van der Waals surface area contributed by atoms with Crippen LogP contribution in [0.2, 0.25) is 0 Å². The second-order valence-corrected chi connectivity index (χ2v) is 6.06. The van der Waals surface area contributed by atoms with Gasteiger partial charge in [0.2, 0.25) is 17.7 Å². The van der Waals surface area contributed by atoms with Gasteiger partial charge >= 0.3 is 5.97 Å². The molecule has 1 aromatic rings. The molecular weight excluding hydrogens is 344 g/mol. The number of nitrogens with one attached hydrogen (secondary N) is 4. The molecule has 0 aromatic carbocycles. The molecule has 2 heterocycles. The number of hydrogen-bond acceptors (Lipinski definition) is 6. The number of carboxylic acids is 1. The number of amides is 3. The lowest BCUT2D eigenvalue weighted by molar-refractivity contribution is -0.143. The van der Waals surface area contributed by atoms with Crippen LogP contribution >= 0.6 is 0 Å². The number of aliphatic carboxylic acids is 1. The normalized spacial score (nSPS) is 18.7. The van der Waals surface area contributed by atoms with E-state index >= 15 is 0 Å². The minimum absolute atomic E-state index is 0.0905. The smallest absolute Gasteiger partial charge is 0.326 e. The van der Waals surface area contributed by atoms with Crippen molar-refractivity contribution in [2.75, 3.05) is 6.54 Å². The van der Waals surface area contributed by atoms with Crippen LogP contribution in [-0.2, 0) is 25.6 Å². The predicted molar refractivity (Wildman–Crippen MR) is 88.6 cm³/mol. The molecule has 1 aromatic heterocycles. The first-order valence-corrected chi connectivity index (χ1v) is 8.19. The Morgan fingerprint density at radius 3 is 2.62 bits per heavy atom. The van der Waals surface area contributed by atoms with Gasteiger partial charge in [0.25, 0.3) is 0 Å². The van der Waals surface area contributed by atoms with E-state index in [0.29, 0.717) is 12.1 Å². The summed E-state index contributed by atoms with van der Waals surface area (Å²) in [5, 5.41) is 17.0. The Hall–Kier alpha value is -2.95. The maximum atomic E-state index is 12.5. The van der Waals surface area contributed by atoms with Crippen LogP contribution in [0.15, 0.2) is 12.5 Å². The van der Waals surface area contributed by atoms with Crippen molar-refractivity contribution in [3.05, 3.63) is 18.2 Å². The average Bonchev–Trinajstić information content (AvgIpc) is 3.26. The molecule has 0 saturated carbocycles. The van der Waals surface area contributed by atoms with E-state index in [2.05, 4.69) is 25.9 Å². The fraction of sp³-hybridized carbons (Fsp3) is 0.533. The number of aromatic amines is 1. The van der Waals surface area contributed by atoms with Crippen molar-refractivity contribution in [1.29, 1.82) is 0 Å². The molecule has 11 nitrogen and oxygen atoms in total. The van der Waals surface area contributed by atoms with Crippen molar-refractivity contribution in [3.8, 4) is 0 Å². The minimum atomic E-state index is -1.47. The second kappa shape index (κ2) is 8.94. The Morgan fingerprint density at radius 1 is 1.31 bits per heavy atom. The van der Waals surface area contributed by atoms with Gasteiger partial charge in [-0.25, -0.2) is 9.78 Å². The van der Waals surface area contributed by atoms with E-state index in [4.69, 9.17) is 10.8 Å². The standard InChI is InChI=1S/C15H22N6O5/c16-12(22)5-11(15(25)26)21-14(24)10(4-8-6-17-7-19-8)20-13(23)9-2-1-3-18-9/h6-7,9-11,18H,1-5H2,(H2,16,22)(H,17,19)(H,20,23)(H,21,24)(H,25,26). The van der Waals surface area contributed by atoms with Gasteiger partial charge in [0.05, 0.1) is 18.8 Å². The number of nitrogens with two attached hydrogens (primary N) is 1. The lowest BCUT2D eigenvalue weighted by Crippen LogP contribution is -2.55. The van der Waals surface area contributed by atoms with Crippen LogP contribution in [0.25, 0.3) is 0 Å². The van der Waals surface area contributed by atoms with Crippen LogP contribution in [0.4, 0.5) is 0 Å². The molecule has 3 amide bonds. The number of aromatic nitrogens is 2. The van der Waals surface area contributed by atoms with Gasteiger partial charge < -0.3 is 31.8 Å². The Labute approximate surface area is 149 Å². The highest BCUT2D eigenvalue weighted by atomic mass is 16.4. The fourth-order valence-electron chi connectivity index (χ4n) is 2.68. The van der Waals surface area contributed by atoms with E-state index in [1.807, 2.05) is 0 Å². The first-order valence-electron chi connectivity index (χ1n) is 8.19. The Morgan fingerprint density at radius 2 is 2.08 bits per heavy atom. The maximum Gasteiger partial charge on any atom is 0.326 e. The summed E-state index contributed by atoms with van der Waals surface area (Å²) >= 11 is 0. The summed E-state index contributed by atoms with van der Waals surface area (Å²) in [7, 11) is 0. The Bertz CT molecular complexity index is 655. The molecule has 11 heteroatoms. The van der Waals surface area contributed by atoms with Gasteiger partial charge in [-0.3, -0.25) is 14.4 Å². The fourth-order valence-corrected chi connectivity index (χ4v) is 2.68. The summed E-state index contributed by atoms with van der Waals surface area (Å²) in [5.41, 5.74) is 5.60. The van der Waals surface area contributed by atoms with Gasteiger partial charge in [0.1, 0.15) is 12.1 Å². The lowest BCUT2D eigenvalue weighted by Gasteiger charge is -2.22. The van der Waals surface area contributed by atoms with Gasteiger partial charge in [0.15, 0.2) is 0 Å². The van der Waals surface area contributed by atoms with Gasteiger partial charge in [0, 0.05) is 18.3 Å². The van der Waals surface area contributed by atoms with Gasteiger partial charge in [-0.05, 0) is 19.4 Å². The zero-order valence-electron chi connectivity index (χ0n) is 14.0. The van der Waals surface area contributed by atoms with Crippen LogP contribution in [0.3, 0.4) is 0 Å². The zero-order chi connectivity index (χ0) is 19.1. The lowest BCUT2D eigenvalue weighted by atomic mass is 10.1. The van der Waals surface area contributed by atoms with E-state index in [-0.39, 0.29) is 12.3 Å². The van der Waals surface area contributed by atoms with Crippen LogP contribution in [0, 0.1) is 0 Å². The molecule has 0 bridgehead atoms. The first kappa shape index (κ1) is 19.4. The van der Waals surface area contributed by atoms with E-state index in [9.17, 15) is 19.2 Å². The highest BCUT2D eigenvalue weighted by Gasteiger charge is 2.30. The molecule has 2 rings (SSSR count). The summed E-state index contributed by atoms with van der Waals surface area (Å²) in [5.74, 6) is -3.31. The van der Waals surface area contributed by atoms with Crippen LogP contribution in [0.1, 0.15) is 25.0 Å².